The molecule has 0 radical (unpaired) electrons. The predicted octanol–water partition coefficient (Wildman–Crippen LogP) is 1.38. The summed E-state index contributed by atoms with van der Waals surface area (Å²) >= 11 is 1.56. The smallest absolute Gasteiger partial charge is 0.321 e. The molecule has 1 fully saturated rings. The number of hydrogen-bond acceptors (Lipinski definition) is 4. The summed E-state index contributed by atoms with van der Waals surface area (Å²) in [5.74, 6) is 1.43. The van der Waals surface area contributed by atoms with Crippen LogP contribution in [0.4, 0.5) is 0 Å². The third-order valence-corrected chi connectivity index (χ3v) is 3.33. The molecule has 14 heavy (non-hydrogen) atoms. The Hall–Kier alpha value is -0.940. The fourth-order valence-corrected chi connectivity index (χ4v) is 2.55. The first-order valence-electron chi connectivity index (χ1n) is 4.33. The molecular weight excluding hydrogens is 202 g/mol. The van der Waals surface area contributed by atoms with E-state index in [1.165, 1.54) is 0 Å². The summed E-state index contributed by atoms with van der Waals surface area (Å²) in [5.41, 5.74) is 0. The molecule has 2 atom stereocenters. The number of furan rings is 1. The highest BCUT2D eigenvalue weighted by atomic mass is 32.2. The van der Waals surface area contributed by atoms with Crippen LogP contribution in [0, 0.1) is 6.92 Å². The number of aryl methyl sites for hydroxylation is 1. The number of hydrogen-bond donors (Lipinski definition) is 2. The Morgan fingerprint density at radius 3 is 3.00 bits per heavy atom. The fraction of sp³-hybridized carbons (Fsp3) is 0.444. The van der Waals surface area contributed by atoms with Crippen LogP contribution in [0.3, 0.4) is 0 Å². The molecule has 1 unspecified atom stereocenters. The van der Waals surface area contributed by atoms with Crippen molar-refractivity contribution in [2.24, 2.45) is 0 Å². The Morgan fingerprint density at radius 2 is 2.50 bits per heavy atom. The third kappa shape index (κ3) is 1.78. The van der Waals surface area contributed by atoms with E-state index in [1.54, 1.807) is 11.8 Å². The van der Waals surface area contributed by atoms with E-state index in [0.717, 1.165) is 11.5 Å². The minimum Gasteiger partial charge on any atom is -0.480 e. The number of carbonyl (C=O) groups is 1. The van der Waals surface area contributed by atoms with E-state index in [4.69, 9.17) is 9.52 Å². The molecule has 0 saturated carbocycles. The van der Waals surface area contributed by atoms with Crippen LogP contribution in [-0.2, 0) is 4.79 Å². The lowest BCUT2D eigenvalue weighted by Gasteiger charge is -2.07. The van der Waals surface area contributed by atoms with Crippen molar-refractivity contribution < 1.29 is 14.3 Å². The molecule has 2 heterocycles. The van der Waals surface area contributed by atoms with E-state index < -0.39 is 12.0 Å². The molecule has 4 nitrogen and oxygen atoms in total. The van der Waals surface area contributed by atoms with Crippen molar-refractivity contribution in [2.45, 2.75) is 18.3 Å². The van der Waals surface area contributed by atoms with Gasteiger partial charge in [-0.1, -0.05) is 0 Å². The zero-order valence-electron chi connectivity index (χ0n) is 7.69. The first-order chi connectivity index (χ1) is 6.66. The topological polar surface area (TPSA) is 62.5 Å². The Labute approximate surface area is 85.7 Å². The lowest BCUT2D eigenvalue weighted by atomic mass is 10.3. The van der Waals surface area contributed by atoms with Gasteiger partial charge in [-0.15, -0.1) is 11.8 Å². The van der Waals surface area contributed by atoms with Crippen molar-refractivity contribution in [3.63, 3.8) is 0 Å². The van der Waals surface area contributed by atoms with Gasteiger partial charge in [0.2, 0.25) is 0 Å². The molecule has 0 aliphatic carbocycles. The zero-order chi connectivity index (χ0) is 10.1. The van der Waals surface area contributed by atoms with E-state index >= 15 is 0 Å². The second-order valence-electron chi connectivity index (χ2n) is 3.22. The molecule has 76 valence electrons. The lowest BCUT2D eigenvalue weighted by molar-refractivity contribution is -0.138. The van der Waals surface area contributed by atoms with E-state index in [-0.39, 0.29) is 5.37 Å². The molecule has 5 heteroatoms. The maximum atomic E-state index is 10.7. The molecule has 1 aromatic rings. The highest BCUT2D eigenvalue weighted by Crippen LogP contribution is 2.33. The molecular formula is C9H11NO3S. The predicted molar refractivity (Wildman–Crippen MR) is 53.2 cm³/mol. The molecule has 2 N–H and O–H groups in total. The van der Waals surface area contributed by atoms with Crippen molar-refractivity contribution in [1.29, 1.82) is 0 Å². The Bertz CT molecular complexity index is 350. The van der Waals surface area contributed by atoms with Crippen molar-refractivity contribution >= 4 is 17.7 Å². The molecule has 1 aliphatic rings. The van der Waals surface area contributed by atoms with Crippen molar-refractivity contribution in [3.05, 3.63) is 23.7 Å². The molecule has 0 spiro atoms. The Balaban J connectivity index is 2.05. The quantitative estimate of drug-likeness (QED) is 0.777. The second kappa shape index (κ2) is 3.67. The molecule has 0 amide bonds. The standard InChI is InChI=1S/C9H11NO3S/c1-5-2-3-7(13-5)8-10-6(4-14-8)9(11)12/h2-3,6,8,10H,4H2,1H3,(H,11,12)/t6-,8?/m1/s1. The minimum atomic E-state index is -0.803. The summed E-state index contributed by atoms with van der Waals surface area (Å²) in [6.07, 6.45) is 0. The zero-order valence-corrected chi connectivity index (χ0v) is 8.50. The van der Waals surface area contributed by atoms with Crippen LogP contribution in [0.25, 0.3) is 0 Å². The van der Waals surface area contributed by atoms with Gasteiger partial charge in [-0.25, -0.2) is 0 Å². The summed E-state index contributed by atoms with van der Waals surface area (Å²) in [6, 6.07) is 3.30. The Morgan fingerprint density at radius 1 is 1.71 bits per heavy atom. The SMILES string of the molecule is Cc1ccc(C2N[C@@H](C(=O)O)CS2)o1. The van der Waals surface area contributed by atoms with Gasteiger partial charge in [-0.2, -0.15) is 0 Å². The van der Waals surface area contributed by atoms with Gasteiger partial charge in [-0.3, -0.25) is 10.1 Å². The lowest BCUT2D eigenvalue weighted by Crippen LogP contribution is -2.33. The average molecular weight is 213 g/mol. The van der Waals surface area contributed by atoms with Crippen LogP contribution in [0.1, 0.15) is 16.9 Å². The summed E-state index contributed by atoms with van der Waals surface area (Å²) in [4.78, 5) is 10.7. The average Bonchev–Trinajstić information content (AvgIpc) is 2.70. The van der Waals surface area contributed by atoms with E-state index in [2.05, 4.69) is 5.32 Å². The summed E-state index contributed by atoms with van der Waals surface area (Å²) in [7, 11) is 0. The number of carboxylic acid groups (broad SMARTS) is 1. The van der Waals surface area contributed by atoms with E-state index in [1.807, 2.05) is 19.1 Å². The monoisotopic (exact) mass is 213 g/mol. The van der Waals surface area contributed by atoms with Gasteiger partial charge in [0, 0.05) is 5.75 Å². The van der Waals surface area contributed by atoms with Gasteiger partial charge in [0.05, 0.1) is 0 Å². The van der Waals surface area contributed by atoms with Gasteiger partial charge in [0.1, 0.15) is 22.9 Å². The highest BCUT2D eigenvalue weighted by molar-refractivity contribution is 7.99. The summed E-state index contributed by atoms with van der Waals surface area (Å²) in [6.45, 7) is 1.87. The molecule has 1 aromatic heterocycles. The first-order valence-corrected chi connectivity index (χ1v) is 5.38. The number of rotatable bonds is 2. The third-order valence-electron chi connectivity index (χ3n) is 2.10. The van der Waals surface area contributed by atoms with Gasteiger partial charge < -0.3 is 9.52 Å². The van der Waals surface area contributed by atoms with Crippen LogP contribution in [0.5, 0.6) is 0 Å². The van der Waals surface area contributed by atoms with Crippen LogP contribution in [-0.4, -0.2) is 22.9 Å². The van der Waals surface area contributed by atoms with Crippen LogP contribution >= 0.6 is 11.8 Å². The van der Waals surface area contributed by atoms with Gasteiger partial charge in [0.15, 0.2) is 0 Å². The van der Waals surface area contributed by atoms with Crippen LogP contribution < -0.4 is 5.32 Å². The number of nitrogens with one attached hydrogen (secondary N) is 1. The van der Waals surface area contributed by atoms with Crippen LogP contribution in [0.15, 0.2) is 16.5 Å². The molecule has 1 saturated heterocycles. The normalized spacial score (nSPS) is 26.6. The van der Waals surface area contributed by atoms with Gasteiger partial charge in [0.25, 0.3) is 0 Å². The van der Waals surface area contributed by atoms with Crippen LogP contribution in [0.2, 0.25) is 0 Å². The van der Waals surface area contributed by atoms with Crippen molar-refractivity contribution in [1.82, 2.24) is 5.32 Å². The second-order valence-corrected chi connectivity index (χ2v) is 4.36. The molecule has 0 aromatic carbocycles. The summed E-state index contributed by atoms with van der Waals surface area (Å²) < 4.78 is 5.42. The fourth-order valence-electron chi connectivity index (χ4n) is 1.37. The molecule has 0 bridgehead atoms. The van der Waals surface area contributed by atoms with Crippen molar-refractivity contribution in [3.8, 4) is 0 Å². The summed E-state index contributed by atoms with van der Waals surface area (Å²) in [5, 5.41) is 11.7. The number of carboxylic acids is 1. The molecule has 2 rings (SSSR count). The van der Waals surface area contributed by atoms with E-state index in [0.29, 0.717) is 5.75 Å². The van der Waals surface area contributed by atoms with Gasteiger partial charge in [-0.05, 0) is 19.1 Å². The Kier molecular flexibility index (Phi) is 2.52. The number of thioether (sulfide) groups is 1. The maximum Gasteiger partial charge on any atom is 0.321 e. The van der Waals surface area contributed by atoms with Gasteiger partial charge >= 0.3 is 5.97 Å². The number of aliphatic carboxylic acids is 1. The van der Waals surface area contributed by atoms with Crippen molar-refractivity contribution in [2.75, 3.05) is 5.75 Å². The van der Waals surface area contributed by atoms with E-state index in [9.17, 15) is 4.79 Å². The first kappa shape index (κ1) is 9.61. The largest absolute Gasteiger partial charge is 0.480 e. The minimum absolute atomic E-state index is 0.0233. The highest BCUT2D eigenvalue weighted by Gasteiger charge is 2.31. The molecule has 1 aliphatic heterocycles. The maximum absolute atomic E-state index is 10.7.